The van der Waals surface area contributed by atoms with E-state index in [0.29, 0.717) is 0 Å². The Hall–Kier alpha value is -1.66. The van der Waals surface area contributed by atoms with Gasteiger partial charge in [0.1, 0.15) is 0 Å². The van der Waals surface area contributed by atoms with Crippen LogP contribution in [0.25, 0.3) is 0 Å². The smallest absolute Gasteiger partial charge is 0.381 e. The fraction of sp³-hybridized carbons (Fsp3) is 0.778. The van der Waals surface area contributed by atoms with E-state index in [1.165, 1.54) is 4.90 Å². The summed E-state index contributed by atoms with van der Waals surface area (Å²) in [6.45, 7) is 1.66. The molecule has 0 bridgehead atoms. The van der Waals surface area contributed by atoms with E-state index in [9.17, 15) is 19.7 Å². The van der Waals surface area contributed by atoms with Crippen LogP contribution in [0.15, 0.2) is 0 Å². The first-order valence-electron chi connectivity index (χ1n) is 4.90. The van der Waals surface area contributed by atoms with Crippen molar-refractivity contribution >= 4 is 11.9 Å². The molecule has 0 rings (SSSR count). The molecule has 0 saturated heterocycles. The van der Waals surface area contributed by atoms with Crippen molar-refractivity contribution in [3.8, 4) is 0 Å². The lowest BCUT2D eigenvalue weighted by Crippen LogP contribution is -2.33. The fourth-order valence-electron chi connectivity index (χ4n) is 1.03. The minimum atomic E-state index is -1.45. The lowest BCUT2D eigenvalue weighted by molar-refractivity contribution is -0.511. The average Bonchev–Trinajstić information content (AvgIpc) is 2.17. The third kappa shape index (κ3) is 4.72. The van der Waals surface area contributed by atoms with E-state index in [2.05, 4.69) is 4.74 Å². The van der Waals surface area contributed by atoms with Crippen LogP contribution in [0.2, 0.25) is 0 Å². The Bertz CT molecular complexity index is 277. The maximum atomic E-state index is 11.2. The maximum Gasteiger partial charge on any atom is 0.381 e. The van der Waals surface area contributed by atoms with Crippen LogP contribution in [0.5, 0.6) is 0 Å². The Morgan fingerprint density at radius 1 is 1.44 bits per heavy atom. The van der Waals surface area contributed by atoms with E-state index in [1.807, 2.05) is 0 Å². The number of nitrogens with zero attached hydrogens (tertiary/aromatic N) is 2. The van der Waals surface area contributed by atoms with Crippen LogP contribution in [0.3, 0.4) is 0 Å². The van der Waals surface area contributed by atoms with Crippen molar-refractivity contribution in [3.63, 3.8) is 0 Å². The third-order valence-corrected chi connectivity index (χ3v) is 1.94. The summed E-state index contributed by atoms with van der Waals surface area (Å²) in [7, 11) is 3.10. The second-order valence-corrected chi connectivity index (χ2v) is 3.38. The molecule has 0 aromatic carbocycles. The molecular weight excluding hydrogens is 216 g/mol. The Kier molecular flexibility index (Phi) is 6.06. The normalized spacial score (nSPS) is 11.7. The van der Waals surface area contributed by atoms with Gasteiger partial charge in [0.15, 0.2) is 0 Å². The van der Waals surface area contributed by atoms with Gasteiger partial charge in [-0.3, -0.25) is 14.9 Å². The van der Waals surface area contributed by atoms with Crippen LogP contribution in [-0.4, -0.2) is 48.4 Å². The summed E-state index contributed by atoms with van der Waals surface area (Å²) < 4.78 is 4.55. The molecule has 0 heterocycles. The zero-order valence-corrected chi connectivity index (χ0v) is 9.63. The van der Waals surface area contributed by atoms with Gasteiger partial charge in [-0.25, -0.2) is 4.79 Å². The fourth-order valence-corrected chi connectivity index (χ4v) is 1.03. The molecule has 0 fully saturated rings. The molecule has 0 aliphatic heterocycles. The first-order chi connectivity index (χ1) is 7.40. The topological polar surface area (TPSA) is 89.8 Å². The number of hydrogen-bond acceptors (Lipinski definition) is 5. The molecule has 0 radical (unpaired) electrons. The monoisotopic (exact) mass is 232 g/mol. The van der Waals surface area contributed by atoms with E-state index < -0.39 is 16.9 Å². The number of nitro groups is 1. The van der Waals surface area contributed by atoms with Gasteiger partial charge in [-0.1, -0.05) is 0 Å². The molecule has 0 spiro atoms. The molecule has 16 heavy (non-hydrogen) atoms. The number of amides is 1. The minimum absolute atomic E-state index is 0.0442. The van der Waals surface area contributed by atoms with Crippen molar-refractivity contribution in [1.29, 1.82) is 0 Å². The van der Waals surface area contributed by atoms with Gasteiger partial charge >= 0.3 is 12.0 Å². The molecule has 0 aromatic rings. The van der Waals surface area contributed by atoms with Crippen LogP contribution in [0, 0.1) is 10.1 Å². The zero-order chi connectivity index (χ0) is 12.7. The number of esters is 1. The van der Waals surface area contributed by atoms with Crippen molar-refractivity contribution in [2.24, 2.45) is 0 Å². The quantitative estimate of drug-likeness (QED) is 0.367. The number of hydrogen-bond donors (Lipinski definition) is 0. The molecular formula is C9H16N2O5. The summed E-state index contributed by atoms with van der Waals surface area (Å²) in [4.78, 5) is 33.6. The van der Waals surface area contributed by atoms with Crippen LogP contribution in [-0.2, 0) is 14.3 Å². The van der Waals surface area contributed by atoms with Gasteiger partial charge in [0.05, 0.1) is 6.61 Å². The number of carbonyl (C=O) groups is 2. The van der Waals surface area contributed by atoms with Gasteiger partial charge in [-0.05, 0) is 6.92 Å². The van der Waals surface area contributed by atoms with Crippen LogP contribution in [0.1, 0.15) is 19.8 Å². The van der Waals surface area contributed by atoms with Crippen molar-refractivity contribution < 1.29 is 19.2 Å². The highest BCUT2D eigenvalue weighted by Gasteiger charge is 2.31. The van der Waals surface area contributed by atoms with Crippen molar-refractivity contribution in [2.45, 2.75) is 25.8 Å². The third-order valence-electron chi connectivity index (χ3n) is 1.94. The highest BCUT2D eigenvalue weighted by molar-refractivity contribution is 5.78. The molecule has 7 heteroatoms. The van der Waals surface area contributed by atoms with Gasteiger partial charge in [-0.15, -0.1) is 0 Å². The summed E-state index contributed by atoms with van der Waals surface area (Å²) >= 11 is 0. The lowest BCUT2D eigenvalue weighted by atomic mass is 10.1. The van der Waals surface area contributed by atoms with E-state index in [-0.39, 0.29) is 25.4 Å². The Balaban J connectivity index is 4.30. The molecule has 92 valence electrons. The van der Waals surface area contributed by atoms with Crippen molar-refractivity contribution in [1.82, 2.24) is 4.90 Å². The molecule has 0 aliphatic carbocycles. The van der Waals surface area contributed by atoms with E-state index >= 15 is 0 Å². The highest BCUT2D eigenvalue weighted by atomic mass is 16.6. The van der Waals surface area contributed by atoms with Crippen LogP contribution >= 0.6 is 0 Å². The van der Waals surface area contributed by atoms with E-state index in [1.54, 1.807) is 21.0 Å². The largest absolute Gasteiger partial charge is 0.461 e. The summed E-state index contributed by atoms with van der Waals surface area (Å²) in [6, 6.07) is -1.45. The molecule has 1 amide bonds. The maximum absolute atomic E-state index is 11.2. The SMILES string of the molecule is CCOC(=O)C(CCC(=O)N(C)C)[N+](=O)[O-]. The second-order valence-electron chi connectivity index (χ2n) is 3.38. The van der Waals surface area contributed by atoms with Crippen molar-refractivity contribution in [2.75, 3.05) is 20.7 Å². The molecule has 0 saturated carbocycles. The number of carbonyl (C=O) groups excluding carboxylic acids is 2. The lowest BCUT2D eigenvalue weighted by Gasteiger charge is -2.11. The standard InChI is InChI=1S/C9H16N2O5/c1-4-16-9(13)7(11(14)15)5-6-8(12)10(2)3/h7H,4-6H2,1-3H3. The predicted octanol–water partition coefficient (Wildman–Crippen LogP) is 0.0632. The van der Waals surface area contributed by atoms with Gasteiger partial charge < -0.3 is 9.64 Å². The van der Waals surface area contributed by atoms with Crippen LogP contribution < -0.4 is 0 Å². The van der Waals surface area contributed by atoms with Crippen LogP contribution in [0.4, 0.5) is 0 Å². The molecule has 0 aliphatic rings. The molecule has 7 nitrogen and oxygen atoms in total. The predicted molar refractivity (Wildman–Crippen MR) is 55.3 cm³/mol. The Morgan fingerprint density at radius 2 is 2.00 bits per heavy atom. The Labute approximate surface area is 93.5 Å². The van der Waals surface area contributed by atoms with E-state index in [0.717, 1.165) is 0 Å². The van der Waals surface area contributed by atoms with E-state index in [4.69, 9.17) is 0 Å². The van der Waals surface area contributed by atoms with Gasteiger partial charge in [-0.2, -0.15) is 0 Å². The van der Waals surface area contributed by atoms with Crippen molar-refractivity contribution in [3.05, 3.63) is 10.1 Å². The summed E-state index contributed by atoms with van der Waals surface area (Å²) in [5.74, 6) is -1.14. The van der Waals surface area contributed by atoms with Gasteiger partial charge in [0.25, 0.3) is 0 Å². The molecule has 1 atom stereocenters. The second kappa shape index (κ2) is 6.76. The summed E-state index contributed by atoms with van der Waals surface area (Å²) in [6.07, 6.45) is -0.180. The summed E-state index contributed by atoms with van der Waals surface area (Å²) in [5, 5.41) is 10.6. The highest BCUT2D eigenvalue weighted by Crippen LogP contribution is 2.05. The average molecular weight is 232 g/mol. The number of ether oxygens (including phenoxy) is 1. The first-order valence-corrected chi connectivity index (χ1v) is 4.90. The van der Waals surface area contributed by atoms with Gasteiger partial charge in [0.2, 0.25) is 5.91 Å². The molecule has 1 unspecified atom stereocenters. The summed E-state index contributed by atoms with van der Waals surface area (Å²) in [5.41, 5.74) is 0. The first kappa shape index (κ1) is 14.3. The minimum Gasteiger partial charge on any atom is -0.461 e. The Morgan fingerprint density at radius 3 is 2.38 bits per heavy atom. The van der Waals surface area contributed by atoms with Gasteiger partial charge in [0, 0.05) is 31.9 Å². The molecule has 0 N–H and O–H groups in total. The zero-order valence-electron chi connectivity index (χ0n) is 9.63. The molecule has 0 aromatic heterocycles. The number of rotatable bonds is 6.